The van der Waals surface area contributed by atoms with Crippen LogP contribution in [0.5, 0.6) is 0 Å². The molecule has 1 aromatic carbocycles. The second-order valence-electron chi connectivity index (χ2n) is 7.13. The van der Waals surface area contributed by atoms with Gasteiger partial charge in [0.15, 0.2) is 0 Å². The lowest BCUT2D eigenvalue weighted by molar-refractivity contribution is 0.0714. The molecule has 30 heavy (non-hydrogen) atoms. The fourth-order valence-electron chi connectivity index (χ4n) is 3.49. The molecular weight excluding hydrogens is 427 g/mol. The van der Waals surface area contributed by atoms with Gasteiger partial charge in [-0.15, -0.1) is 0 Å². The zero-order valence-electron chi connectivity index (χ0n) is 16.3. The van der Waals surface area contributed by atoms with E-state index in [2.05, 4.69) is 20.6 Å². The van der Waals surface area contributed by atoms with Crippen LogP contribution >= 0.6 is 23.2 Å². The average molecular weight is 447 g/mol. The van der Waals surface area contributed by atoms with Crippen LogP contribution in [0.25, 0.3) is 11.3 Å². The summed E-state index contributed by atoms with van der Waals surface area (Å²) in [5.41, 5.74) is 2.11. The molecular formula is C20H20Cl2N6O2. The normalized spacial score (nSPS) is 14.0. The summed E-state index contributed by atoms with van der Waals surface area (Å²) in [7, 11) is 1.68. The number of carbonyl (C=O) groups excluding carboxylic acids is 2. The van der Waals surface area contributed by atoms with Crippen molar-refractivity contribution < 1.29 is 9.59 Å². The minimum absolute atomic E-state index is 0.136. The number of likely N-dealkylation sites (tertiary alicyclic amines) is 1. The van der Waals surface area contributed by atoms with E-state index in [9.17, 15) is 9.59 Å². The third-order valence-corrected chi connectivity index (χ3v) is 5.61. The van der Waals surface area contributed by atoms with Crippen molar-refractivity contribution in [3.8, 4) is 11.3 Å². The number of aromatic amines is 1. The highest BCUT2D eigenvalue weighted by Gasteiger charge is 2.25. The van der Waals surface area contributed by atoms with Crippen molar-refractivity contribution in [2.75, 3.05) is 18.4 Å². The second-order valence-corrected chi connectivity index (χ2v) is 7.97. The van der Waals surface area contributed by atoms with Gasteiger partial charge in [-0.25, -0.2) is 0 Å². The third kappa shape index (κ3) is 4.06. The van der Waals surface area contributed by atoms with Crippen molar-refractivity contribution in [2.24, 2.45) is 7.05 Å². The zero-order valence-corrected chi connectivity index (χ0v) is 17.8. The second kappa shape index (κ2) is 8.49. The Labute approximate surface area is 183 Å². The molecule has 156 valence electrons. The Hall–Kier alpha value is -2.84. The van der Waals surface area contributed by atoms with Crippen LogP contribution in [0.4, 0.5) is 5.69 Å². The van der Waals surface area contributed by atoms with Gasteiger partial charge in [0.05, 0.1) is 22.6 Å². The third-order valence-electron chi connectivity index (χ3n) is 5.06. The van der Waals surface area contributed by atoms with Gasteiger partial charge in [0.1, 0.15) is 11.4 Å². The number of amides is 2. The minimum atomic E-state index is -0.431. The summed E-state index contributed by atoms with van der Waals surface area (Å²) in [6.45, 7) is 1.42. The number of halogens is 2. The molecule has 0 aliphatic carbocycles. The predicted molar refractivity (Wildman–Crippen MR) is 115 cm³/mol. The largest absolute Gasteiger partial charge is 0.337 e. The van der Waals surface area contributed by atoms with Crippen LogP contribution in [0.2, 0.25) is 10.0 Å². The summed E-state index contributed by atoms with van der Waals surface area (Å²) >= 11 is 12.2. The lowest BCUT2D eigenvalue weighted by atomic mass is 10.1. The number of carbonyl (C=O) groups is 2. The maximum atomic E-state index is 12.9. The molecule has 4 rings (SSSR count). The maximum absolute atomic E-state index is 12.9. The summed E-state index contributed by atoms with van der Waals surface area (Å²) < 4.78 is 1.48. The molecule has 2 N–H and O–H groups in total. The Kier molecular flexibility index (Phi) is 5.78. The quantitative estimate of drug-likeness (QED) is 0.632. The lowest BCUT2D eigenvalue weighted by Gasteiger charge is -2.27. The summed E-state index contributed by atoms with van der Waals surface area (Å²) in [4.78, 5) is 27.5. The first-order valence-electron chi connectivity index (χ1n) is 9.57. The number of nitrogens with one attached hydrogen (secondary N) is 2. The van der Waals surface area contributed by atoms with E-state index in [1.807, 2.05) is 0 Å². The lowest BCUT2D eigenvalue weighted by Crippen LogP contribution is -2.37. The van der Waals surface area contributed by atoms with E-state index >= 15 is 0 Å². The molecule has 0 spiro atoms. The molecule has 0 atom stereocenters. The molecule has 2 amide bonds. The van der Waals surface area contributed by atoms with Gasteiger partial charge >= 0.3 is 0 Å². The molecule has 0 saturated carbocycles. The number of benzene rings is 1. The first-order chi connectivity index (χ1) is 14.4. The topological polar surface area (TPSA) is 95.9 Å². The summed E-state index contributed by atoms with van der Waals surface area (Å²) in [6.07, 6.45) is 4.56. The maximum Gasteiger partial charge on any atom is 0.274 e. The van der Waals surface area contributed by atoms with E-state index in [-0.39, 0.29) is 11.6 Å². The standard InChI is InChI=1S/C20H20Cl2N6O2/c1-27-18(20(30)28-7-3-2-4-8-28)17(11-23-27)24-19(29)16-10-15(25-26-16)13-6-5-12(21)9-14(13)22/h5-6,9-11H,2-4,7-8H2,1H3,(H,24,29)(H,25,26). The molecule has 0 unspecified atom stereocenters. The molecule has 1 aliphatic heterocycles. The van der Waals surface area contributed by atoms with Crippen molar-refractivity contribution in [1.82, 2.24) is 24.9 Å². The average Bonchev–Trinajstić information content (AvgIpc) is 3.35. The van der Waals surface area contributed by atoms with Gasteiger partial charge in [0.2, 0.25) is 0 Å². The summed E-state index contributed by atoms with van der Waals surface area (Å²) in [6, 6.07) is 6.64. The number of nitrogens with zero attached hydrogens (tertiary/aromatic N) is 4. The number of piperidine rings is 1. The van der Waals surface area contributed by atoms with Crippen molar-refractivity contribution >= 4 is 40.7 Å². The van der Waals surface area contributed by atoms with Gasteiger partial charge in [0.25, 0.3) is 11.8 Å². The first-order valence-corrected chi connectivity index (χ1v) is 10.3. The van der Waals surface area contributed by atoms with Crippen LogP contribution in [-0.2, 0) is 7.05 Å². The number of aryl methyl sites for hydroxylation is 1. The first kappa shape index (κ1) is 20.4. The number of hydrogen-bond acceptors (Lipinski definition) is 4. The number of rotatable bonds is 4. The SMILES string of the molecule is Cn1ncc(NC(=O)c2cc(-c3ccc(Cl)cc3Cl)n[nH]2)c1C(=O)N1CCCCC1. The van der Waals surface area contributed by atoms with Gasteiger partial charge in [0, 0.05) is 30.7 Å². The molecule has 2 aromatic heterocycles. The minimum Gasteiger partial charge on any atom is -0.337 e. The number of hydrogen-bond donors (Lipinski definition) is 2. The van der Waals surface area contributed by atoms with E-state index in [0.717, 1.165) is 19.3 Å². The molecule has 3 heterocycles. The molecule has 1 saturated heterocycles. The van der Waals surface area contributed by atoms with E-state index in [1.54, 1.807) is 36.2 Å². The van der Waals surface area contributed by atoms with Crippen molar-refractivity contribution in [1.29, 1.82) is 0 Å². The Morgan fingerprint density at radius 2 is 1.90 bits per heavy atom. The summed E-state index contributed by atoms with van der Waals surface area (Å²) in [5.74, 6) is -0.567. The Balaban J connectivity index is 1.54. The van der Waals surface area contributed by atoms with E-state index in [0.29, 0.717) is 45.8 Å². The highest BCUT2D eigenvalue weighted by Crippen LogP contribution is 2.29. The molecule has 3 aromatic rings. The number of H-pyrrole nitrogens is 1. The Bertz CT molecular complexity index is 1100. The molecule has 0 radical (unpaired) electrons. The van der Waals surface area contributed by atoms with Crippen LogP contribution in [0.15, 0.2) is 30.5 Å². The summed E-state index contributed by atoms with van der Waals surface area (Å²) in [5, 5.41) is 14.7. The van der Waals surface area contributed by atoms with Gasteiger partial charge < -0.3 is 10.2 Å². The number of anilines is 1. The smallest absolute Gasteiger partial charge is 0.274 e. The van der Waals surface area contributed by atoms with E-state index in [1.165, 1.54) is 10.9 Å². The Morgan fingerprint density at radius 3 is 2.63 bits per heavy atom. The van der Waals surface area contributed by atoms with Crippen molar-refractivity contribution in [3.05, 3.63) is 51.9 Å². The molecule has 8 nitrogen and oxygen atoms in total. The van der Waals surface area contributed by atoms with Gasteiger partial charge in [-0.1, -0.05) is 23.2 Å². The van der Waals surface area contributed by atoms with Crippen LogP contribution in [0.1, 0.15) is 40.2 Å². The molecule has 1 fully saturated rings. The molecule has 1 aliphatic rings. The van der Waals surface area contributed by atoms with Gasteiger partial charge in [-0.2, -0.15) is 10.2 Å². The monoisotopic (exact) mass is 446 g/mol. The highest BCUT2D eigenvalue weighted by atomic mass is 35.5. The highest BCUT2D eigenvalue weighted by molar-refractivity contribution is 6.36. The molecule has 10 heteroatoms. The van der Waals surface area contributed by atoms with Crippen LogP contribution in [0.3, 0.4) is 0 Å². The zero-order chi connectivity index (χ0) is 21.3. The van der Waals surface area contributed by atoms with Crippen LogP contribution in [-0.4, -0.2) is 49.8 Å². The fourth-order valence-corrected chi connectivity index (χ4v) is 4.00. The van der Waals surface area contributed by atoms with Crippen molar-refractivity contribution in [2.45, 2.75) is 19.3 Å². The Morgan fingerprint density at radius 1 is 1.13 bits per heavy atom. The predicted octanol–water partition coefficient (Wildman–Crippen LogP) is 4.00. The van der Waals surface area contributed by atoms with Crippen molar-refractivity contribution in [3.63, 3.8) is 0 Å². The van der Waals surface area contributed by atoms with E-state index < -0.39 is 5.91 Å². The van der Waals surface area contributed by atoms with Crippen LogP contribution in [0, 0.1) is 0 Å². The fraction of sp³-hybridized carbons (Fsp3) is 0.300. The van der Waals surface area contributed by atoms with Gasteiger partial charge in [-0.3, -0.25) is 19.4 Å². The number of aromatic nitrogens is 4. The van der Waals surface area contributed by atoms with Gasteiger partial charge in [-0.05, 0) is 43.5 Å². The van der Waals surface area contributed by atoms with E-state index in [4.69, 9.17) is 23.2 Å². The molecule has 0 bridgehead atoms. The van der Waals surface area contributed by atoms with Crippen LogP contribution < -0.4 is 5.32 Å².